The molecule has 0 N–H and O–H groups in total. The molecule has 0 atom stereocenters. The van der Waals surface area contributed by atoms with E-state index in [2.05, 4.69) is 4.98 Å². The Bertz CT molecular complexity index is 1420. The average Bonchev–Trinajstić information content (AvgIpc) is 2.81. The topological polar surface area (TPSA) is 99.4 Å². The number of ketones is 1. The van der Waals surface area contributed by atoms with Crippen LogP contribution in [-0.4, -0.2) is 28.3 Å². The van der Waals surface area contributed by atoms with Gasteiger partial charge in [-0.05, 0) is 37.3 Å². The minimum absolute atomic E-state index is 0.0899. The summed E-state index contributed by atoms with van der Waals surface area (Å²) in [5, 5.41) is 12.1. The first-order chi connectivity index (χ1) is 15.8. The van der Waals surface area contributed by atoms with Gasteiger partial charge in [-0.15, -0.1) is 0 Å². The number of esters is 1. The number of hydrogen-bond acceptors (Lipinski definition) is 6. The van der Waals surface area contributed by atoms with Gasteiger partial charge in [-0.3, -0.25) is 14.9 Å². The lowest BCUT2D eigenvalue weighted by molar-refractivity contribution is -0.384. The SMILES string of the molecule is Cc1ccc2nc(-c3cccc(Cl)c3)cc(C(=O)OCC(=O)c3cccc([N+](=O)[O-])c3)c2c1. The van der Waals surface area contributed by atoms with Crippen LogP contribution in [0, 0.1) is 17.0 Å². The average molecular weight is 461 g/mol. The molecular weight excluding hydrogens is 444 g/mol. The van der Waals surface area contributed by atoms with Crippen molar-refractivity contribution in [2.75, 3.05) is 6.61 Å². The van der Waals surface area contributed by atoms with E-state index in [1.165, 1.54) is 18.2 Å². The van der Waals surface area contributed by atoms with Gasteiger partial charge in [-0.25, -0.2) is 9.78 Å². The number of aryl methyl sites for hydroxylation is 1. The predicted octanol–water partition coefficient (Wildman–Crippen LogP) is 5.81. The predicted molar refractivity (Wildman–Crippen MR) is 125 cm³/mol. The summed E-state index contributed by atoms with van der Waals surface area (Å²) in [6, 6.07) is 19.5. The fourth-order valence-corrected chi connectivity index (χ4v) is 3.58. The third kappa shape index (κ3) is 4.88. The molecule has 4 aromatic rings. The van der Waals surface area contributed by atoms with Crippen LogP contribution in [0.15, 0.2) is 72.8 Å². The van der Waals surface area contributed by atoms with E-state index < -0.39 is 23.3 Å². The molecule has 33 heavy (non-hydrogen) atoms. The lowest BCUT2D eigenvalue weighted by Crippen LogP contribution is -2.15. The molecule has 0 fully saturated rings. The number of benzene rings is 3. The fourth-order valence-electron chi connectivity index (χ4n) is 3.39. The molecule has 0 unspecified atom stereocenters. The van der Waals surface area contributed by atoms with Crippen molar-refractivity contribution < 1.29 is 19.2 Å². The van der Waals surface area contributed by atoms with E-state index in [0.29, 0.717) is 21.6 Å². The van der Waals surface area contributed by atoms with Gasteiger partial charge in [0.05, 0.1) is 21.7 Å². The standard InChI is InChI=1S/C25H17ClN2O5/c1-15-8-9-22-20(10-15)21(13-23(27-22)16-4-2-6-18(26)11-16)25(30)33-14-24(29)17-5-3-7-19(12-17)28(31)32/h2-13H,14H2,1H3. The van der Waals surface area contributed by atoms with Gasteiger partial charge in [0.15, 0.2) is 6.61 Å². The van der Waals surface area contributed by atoms with Crippen molar-refractivity contribution in [2.45, 2.75) is 6.92 Å². The Hall–Kier alpha value is -4.10. The van der Waals surface area contributed by atoms with Crippen LogP contribution in [0.5, 0.6) is 0 Å². The molecule has 0 saturated heterocycles. The van der Waals surface area contributed by atoms with Crippen molar-refractivity contribution in [1.29, 1.82) is 0 Å². The summed E-state index contributed by atoms with van der Waals surface area (Å²) in [5.74, 6) is -1.24. The Balaban J connectivity index is 1.65. The van der Waals surface area contributed by atoms with Crippen molar-refractivity contribution in [3.05, 3.63) is 105 Å². The highest BCUT2D eigenvalue weighted by atomic mass is 35.5. The summed E-state index contributed by atoms with van der Waals surface area (Å²) in [6.07, 6.45) is 0. The van der Waals surface area contributed by atoms with Gasteiger partial charge in [0.25, 0.3) is 5.69 Å². The van der Waals surface area contributed by atoms with Crippen LogP contribution in [0.3, 0.4) is 0 Å². The highest BCUT2D eigenvalue weighted by Gasteiger charge is 2.18. The number of nitro benzene ring substituents is 1. The number of rotatable bonds is 6. The van der Waals surface area contributed by atoms with Gasteiger partial charge in [0.2, 0.25) is 5.78 Å². The Morgan fingerprint density at radius 1 is 1.03 bits per heavy atom. The zero-order valence-electron chi connectivity index (χ0n) is 17.4. The van der Waals surface area contributed by atoms with Crippen molar-refractivity contribution in [1.82, 2.24) is 4.98 Å². The molecule has 0 radical (unpaired) electrons. The number of ether oxygens (including phenoxy) is 1. The number of non-ortho nitro benzene ring substituents is 1. The zero-order valence-corrected chi connectivity index (χ0v) is 18.2. The largest absolute Gasteiger partial charge is 0.454 e. The molecule has 0 amide bonds. The third-order valence-electron chi connectivity index (χ3n) is 5.02. The van der Waals surface area contributed by atoms with E-state index in [9.17, 15) is 19.7 Å². The van der Waals surface area contributed by atoms with E-state index >= 15 is 0 Å². The molecule has 8 heteroatoms. The normalized spacial score (nSPS) is 10.7. The molecule has 164 valence electrons. The number of carbonyl (C=O) groups is 2. The first-order valence-corrected chi connectivity index (χ1v) is 10.3. The van der Waals surface area contributed by atoms with Gasteiger partial charge >= 0.3 is 5.97 Å². The molecule has 0 spiro atoms. The minimum atomic E-state index is -0.699. The summed E-state index contributed by atoms with van der Waals surface area (Å²) >= 11 is 6.11. The van der Waals surface area contributed by atoms with Crippen molar-refractivity contribution in [3.63, 3.8) is 0 Å². The number of nitrogens with zero attached hydrogens (tertiary/aromatic N) is 2. The molecule has 0 aliphatic carbocycles. The van der Waals surface area contributed by atoms with E-state index in [0.717, 1.165) is 17.2 Å². The number of carbonyl (C=O) groups excluding carboxylic acids is 2. The maximum absolute atomic E-state index is 13.0. The summed E-state index contributed by atoms with van der Waals surface area (Å²) in [7, 11) is 0. The Labute approximate surface area is 193 Å². The van der Waals surface area contributed by atoms with Crippen molar-refractivity contribution >= 4 is 39.9 Å². The lowest BCUT2D eigenvalue weighted by Gasteiger charge is -2.11. The van der Waals surface area contributed by atoms with Gasteiger partial charge in [0, 0.05) is 33.7 Å². The van der Waals surface area contributed by atoms with Crippen LogP contribution >= 0.6 is 11.6 Å². The maximum atomic E-state index is 13.0. The number of nitro groups is 1. The molecule has 1 heterocycles. The van der Waals surface area contributed by atoms with E-state index in [-0.39, 0.29) is 16.8 Å². The van der Waals surface area contributed by atoms with Gasteiger partial charge in [-0.1, -0.05) is 47.5 Å². The van der Waals surface area contributed by atoms with E-state index in [1.54, 1.807) is 24.3 Å². The monoisotopic (exact) mass is 460 g/mol. The van der Waals surface area contributed by atoms with E-state index in [4.69, 9.17) is 16.3 Å². The van der Waals surface area contributed by atoms with Crippen LogP contribution in [0.25, 0.3) is 22.2 Å². The second-order valence-electron chi connectivity index (χ2n) is 7.39. The second kappa shape index (κ2) is 9.18. The van der Waals surface area contributed by atoms with Gasteiger partial charge in [0.1, 0.15) is 0 Å². The van der Waals surface area contributed by atoms with Gasteiger partial charge < -0.3 is 4.74 Å². The van der Waals surface area contributed by atoms with Crippen molar-refractivity contribution in [3.8, 4) is 11.3 Å². The molecule has 0 saturated carbocycles. The van der Waals surface area contributed by atoms with Gasteiger partial charge in [-0.2, -0.15) is 0 Å². The van der Waals surface area contributed by atoms with Crippen LogP contribution in [0.1, 0.15) is 26.3 Å². The quantitative estimate of drug-likeness (QED) is 0.156. The number of aromatic nitrogens is 1. The first-order valence-electron chi connectivity index (χ1n) is 9.94. The number of halogens is 1. The third-order valence-corrected chi connectivity index (χ3v) is 5.25. The summed E-state index contributed by atoms with van der Waals surface area (Å²) in [6.45, 7) is 1.34. The van der Waals surface area contributed by atoms with Crippen LogP contribution in [0.4, 0.5) is 5.69 Å². The molecule has 0 aliphatic heterocycles. The number of hydrogen-bond donors (Lipinski definition) is 0. The molecule has 3 aromatic carbocycles. The van der Waals surface area contributed by atoms with Crippen molar-refractivity contribution in [2.24, 2.45) is 0 Å². The summed E-state index contributed by atoms with van der Waals surface area (Å²) < 4.78 is 5.30. The summed E-state index contributed by atoms with van der Waals surface area (Å²) in [5.41, 5.74) is 2.92. The highest BCUT2D eigenvalue weighted by Crippen LogP contribution is 2.28. The Morgan fingerprint density at radius 2 is 1.82 bits per heavy atom. The Morgan fingerprint density at radius 3 is 2.58 bits per heavy atom. The fraction of sp³-hybridized carbons (Fsp3) is 0.0800. The number of fused-ring (bicyclic) bond motifs is 1. The molecular formula is C25H17ClN2O5. The van der Waals surface area contributed by atoms with Crippen LogP contribution in [0.2, 0.25) is 5.02 Å². The number of pyridine rings is 1. The molecule has 0 aliphatic rings. The maximum Gasteiger partial charge on any atom is 0.339 e. The Kier molecular flexibility index (Phi) is 6.15. The zero-order chi connectivity index (χ0) is 23.5. The summed E-state index contributed by atoms with van der Waals surface area (Å²) in [4.78, 5) is 40.5. The first kappa shape index (κ1) is 22.1. The second-order valence-corrected chi connectivity index (χ2v) is 7.83. The molecule has 0 bridgehead atoms. The highest BCUT2D eigenvalue weighted by molar-refractivity contribution is 6.30. The van der Waals surface area contributed by atoms with Crippen LogP contribution in [-0.2, 0) is 4.74 Å². The smallest absolute Gasteiger partial charge is 0.339 e. The minimum Gasteiger partial charge on any atom is -0.454 e. The van der Waals surface area contributed by atoms with Crippen LogP contribution < -0.4 is 0 Å². The lowest BCUT2D eigenvalue weighted by atomic mass is 10.0. The molecule has 7 nitrogen and oxygen atoms in total. The van der Waals surface area contributed by atoms with E-state index in [1.807, 2.05) is 31.2 Å². The molecule has 1 aromatic heterocycles. The number of Topliss-reactive ketones (excluding diaryl/α,β-unsaturated/α-hetero) is 1. The molecule has 4 rings (SSSR count).